The average molecular weight is 634 g/mol. The summed E-state index contributed by atoms with van der Waals surface area (Å²) in [5.74, 6) is -4.12. The summed E-state index contributed by atoms with van der Waals surface area (Å²) in [4.78, 5) is 47.9. The van der Waals surface area contributed by atoms with Crippen LogP contribution in [0.25, 0.3) is 12.3 Å². The minimum atomic E-state index is -4.11. The largest absolute Gasteiger partial charge is 2.00 e. The van der Waals surface area contributed by atoms with Crippen LogP contribution in [0.5, 0.6) is 0 Å². The molecule has 1 fully saturated rings. The molecule has 0 aromatic heterocycles. The van der Waals surface area contributed by atoms with Gasteiger partial charge in [0, 0.05) is 30.7 Å². The van der Waals surface area contributed by atoms with Gasteiger partial charge in [0.25, 0.3) is 21.8 Å². The van der Waals surface area contributed by atoms with Crippen molar-refractivity contribution < 1.29 is 58.9 Å². The molecule has 0 unspecified atom stereocenters. The van der Waals surface area contributed by atoms with Gasteiger partial charge >= 0.3 is 33.0 Å². The van der Waals surface area contributed by atoms with Crippen molar-refractivity contribution in [2.75, 3.05) is 4.90 Å². The number of amides is 2. The minimum Gasteiger partial charge on any atom is -0.693 e. The average Bonchev–Trinajstić information content (AvgIpc) is 2.91. The van der Waals surface area contributed by atoms with Crippen LogP contribution in [0.4, 0.5) is 5.69 Å². The number of hydrazone groups is 1. The van der Waals surface area contributed by atoms with Crippen LogP contribution in [-0.4, -0.2) is 48.1 Å². The van der Waals surface area contributed by atoms with Gasteiger partial charge in [0.15, 0.2) is 5.41 Å². The van der Waals surface area contributed by atoms with Gasteiger partial charge in [-0.3, -0.25) is 19.2 Å². The number of carboxylic acids is 2. The molecule has 0 saturated heterocycles. The third-order valence-corrected chi connectivity index (χ3v) is 5.59. The molecule has 0 spiro atoms. The maximum atomic E-state index is 12.3. The van der Waals surface area contributed by atoms with Crippen molar-refractivity contribution in [3.05, 3.63) is 48.7 Å². The molecule has 1 aromatic rings. The number of carbonyl (C=O) groups excluding carboxylic acids is 2. The number of nitrogens with two attached hydrogens (primary N) is 2. The van der Waals surface area contributed by atoms with E-state index >= 15 is 0 Å². The molecule has 15 heteroatoms. The second-order valence-corrected chi connectivity index (χ2v) is 7.82. The van der Waals surface area contributed by atoms with Crippen molar-refractivity contribution in [3.8, 4) is 0 Å². The van der Waals surface area contributed by atoms with E-state index in [1.807, 2.05) is 4.83 Å². The minimum absolute atomic E-state index is 0. The second-order valence-electron chi connectivity index (χ2n) is 6.16. The van der Waals surface area contributed by atoms with E-state index in [9.17, 15) is 27.6 Å². The fourth-order valence-corrected chi connectivity index (χ4v) is 3.57. The molecule has 0 atom stereocenters. The number of aliphatic carboxylic acids is 2. The first-order valence-electron chi connectivity index (χ1n) is 7.77. The number of rotatable bonds is 6. The zero-order valence-corrected chi connectivity index (χ0v) is 18.6. The van der Waals surface area contributed by atoms with Crippen LogP contribution in [0.1, 0.15) is 12.8 Å². The molecule has 1 saturated carbocycles. The van der Waals surface area contributed by atoms with Crippen LogP contribution in [0.3, 0.4) is 0 Å². The number of benzene rings is 1. The number of anilines is 1. The first-order chi connectivity index (χ1) is 13.1. The fourth-order valence-electron chi connectivity index (χ4n) is 2.72. The molecule has 2 amide bonds. The number of carboxylic acid groups (broad SMARTS) is 2. The predicted octanol–water partition coefficient (Wildman–Crippen LogP) is 1.13. The van der Waals surface area contributed by atoms with Crippen LogP contribution in [-0.2, 0) is 50.3 Å². The first-order valence-corrected chi connectivity index (χ1v) is 9.25. The number of hydrogen-bond donors (Lipinski definition) is 3. The first kappa shape index (κ1) is 28.1. The molecule has 3 rings (SSSR count). The van der Waals surface area contributed by atoms with Crippen molar-refractivity contribution in [2.45, 2.75) is 17.7 Å². The number of imide groups is 1. The Morgan fingerprint density at radius 3 is 1.84 bits per heavy atom. The summed E-state index contributed by atoms with van der Waals surface area (Å²) < 4.78 is 24.5. The van der Waals surface area contributed by atoms with Crippen LogP contribution in [0.2, 0.25) is 0 Å². The number of hydrogen-bond acceptors (Lipinski definition) is 7. The Labute approximate surface area is 190 Å². The zero-order valence-electron chi connectivity index (χ0n) is 15.5. The Morgan fingerprint density at radius 2 is 1.42 bits per heavy atom. The maximum absolute atomic E-state index is 12.3. The van der Waals surface area contributed by atoms with Gasteiger partial charge in [0.2, 0.25) is 0 Å². The summed E-state index contributed by atoms with van der Waals surface area (Å²) in [6.45, 7) is 0. The van der Waals surface area contributed by atoms with E-state index < -0.39 is 52.0 Å². The molecule has 2 aliphatic rings. The number of sulfonamides is 1. The molecule has 13 nitrogen and oxygen atoms in total. The summed E-state index contributed by atoms with van der Waals surface area (Å²) in [5.41, 5.74) is -1.71. The van der Waals surface area contributed by atoms with Gasteiger partial charge in [-0.2, -0.15) is 13.5 Å². The molecule has 1 aliphatic heterocycles. The Kier molecular flexibility index (Phi) is 8.98. The van der Waals surface area contributed by atoms with Crippen molar-refractivity contribution in [3.63, 3.8) is 0 Å². The molecule has 0 bridgehead atoms. The summed E-state index contributed by atoms with van der Waals surface area (Å²) in [7, 11) is -4.11. The van der Waals surface area contributed by atoms with Gasteiger partial charge in [0.05, 0.1) is 10.6 Å². The molecular formula is C16H17N5O8PtS. The van der Waals surface area contributed by atoms with Crippen LogP contribution in [0, 0.1) is 5.41 Å². The van der Waals surface area contributed by atoms with Gasteiger partial charge in [0.1, 0.15) is 0 Å². The molecule has 0 radical (unpaired) electrons. The Hall–Kier alpha value is -2.93. The Morgan fingerprint density at radius 1 is 0.968 bits per heavy atom. The predicted molar refractivity (Wildman–Crippen MR) is 103 cm³/mol. The molecule has 1 aromatic carbocycles. The van der Waals surface area contributed by atoms with Crippen LogP contribution < -0.4 is 9.73 Å². The number of nitrogens with zero attached hydrogens (tertiary/aromatic N) is 2. The summed E-state index contributed by atoms with van der Waals surface area (Å²) >= 11 is 0. The molecule has 1 heterocycles. The quantitative estimate of drug-likeness (QED) is 0.232. The second kappa shape index (κ2) is 9.92. The van der Waals surface area contributed by atoms with Crippen molar-refractivity contribution in [2.24, 2.45) is 10.5 Å². The maximum Gasteiger partial charge on any atom is 2.00 e. The van der Waals surface area contributed by atoms with E-state index in [2.05, 4.69) is 5.10 Å². The van der Waals surface area contributed by atoms with Gasteiger partial charge in [-0.1, -0.05) is 0 Å². The van der Waals surface area contributed by atoms with Crippen molar-refractivity contribution in [1.29, 1.82) is 0 Å². The number of carbonyl (C=O) groups is 4. The molecule has 170 valence electrons. The molecule has 7 N–H and O–H groups in total. The van der Waals surface area contributed by atoms with Crippen molar-refractivity contribution in [1.82, 2.24) is 4.83 Å². The van der Waals surface area contributed by atoms with E-state index in [1.165, 1.54) is 12.1 Å². The molecule has 1 aliphatic carbocycles. The zero-order chi connectivity index (χ0) is 20.7. The SMILES string of the molecule is O=C1C=CC(=O)N1c1ccc(S(=O)(=O)NN=C2CC(C(=O)O)(C(=O)O)C2)cc1.[NH2-].[NH2-].[Pt+2]. The van der Waals surface area contributed by atoms with Crippen LogP contribution >= 0.6 is 0 Å². The molecular weight excluding hydrogens is 617 g/mol. The van der Waals surface area contributed by atoms with E-state index in [0.29, 0.717) is 0 Å². The smallest absolute Gasteiger partial charge is 0.693 e. The standard InChI is InChI=1S/C16H13N3O8S.2H2N.Pt/c20-12-5-6-13(21)19(12)10-1-3-11(4-2-10)28(26,27)18-17-9-7-16(8-9,14(22)23)15(24)25;;;/h1-6,18H,7-8H2,(H,22,23)(H,24,25);2*1H2;/q;2*-1;+2. The Bertz CT molecular complexity index is 1030. The van der Waals surface area contributed by atoms with E-state index in [0.717, 1.165) is 29.2 Å². The van der Waals surface area contributed by atoms with E-state index in [1.54, 1.807) is 0 Å². The summed E-state index contributed by atoms with van der Waals surface area (Å²) in [5, 5.41) is 21.6. The Balaban J connectivity index is 0.00000300. The normalized spacial score (nSPS) is 16.3. The van der Waals surface area contributed by atoms with E-state index in [-0.39, 0.29) is 49.7 Å². The fraction of sp³-hybridized carbons (Fsp3) is 0.188. The van der Waals surface area contributed by atoms with Gasteiger partial charge < -0.3 is 22.5 Å². The van der Waals surface area contributed by atoms with Gasteiger partial charge in [-0.05, 0) is 24.3 Å². The summed E-state index contributed by atoms with van der Waals surface area (Å²) in [6.07, 6.45) is 1.37. The van der Waals surface area contributed by atoms with Crippen LogP contribution in [0.15, 0.2) is 46.4 Å². The summed E-state index contributed by atoms with van der Waals surface area (Å²) in [6, 6.07) is 4.87. The topological polar surface area (TPSA) is 238 Å². The van der Waals surface area contributed by atoms with Crippen molar-refractivity contribution >= 4 is 45.2 Å². The van der Waals surface area contributed by atoms with E-state index in [4.69, 9.17) is 10.2 Å². The third-order valence-electron chi connectivity index (χ3n) is 4.37. The van der Waals surface area contributed by atoms with Gasteiger partial charge in [-0.25, -0.2) is 9.73 Å². The number of nitrogens with one attached hydrogen (secondary N) is 1. The molecule has 31 heavy (non-hydrogen) atoms. The van der Waals surface area contributed by atoms with Gasteiger partial charge in [-0.15, -0.1) is 0 Å². The third kappa shape index (κ3) is 5.04. The monoisotopic (exact) mass is 634 g/mol.